The van der Waals surface area contributed by atoms with Gasteiger partial charge < -0.3 is 14.2 Å². The van der Waals surface area contributed by atoms with Crippen molar-refractivity contribution >= 4 is 0 Å². The predicted octanol–water partition coefficient (Wildman–Crippen LogP) is 2.85. The van der Waals surface area contributed by atoms with Gasteiger partial charge in [0.05, 0.1) is 18.0 Å². The molecule has 0 aliphatic carbocycles. The van der Waals surface area contributed by atoms with Crippen LogP contribution < -0.4 is 9.47 Å². The van der Waals surface area contributed by atoms with E-state index >= 15 is 0 Å². The Kier molecular flexibility index (Phi) is 4.90. The molecule has 134 valence electrons. The Morgan fingerprint density at radius 3 is 2.80 bits per heavy atom. The lowest BCUT2D eigenvalue weighted by Gasteiger charge is -2.31. The summed E-state index contributed by atoms with van der Waals surface area (Å²) in [5.74, 6) is 1.62. The van der Waals surface area contributed by atoms with E-state index in [1.807, 2.05) is 18.3 Å². The van der Waals surface area contributed by atoms with E-state index in [4.69, 9.17) is 14.2 Å². The molecule has 1 fully saturated rings. The Morgan fingerprint density at radius 1 is 1.20 bits per heavy atom. The van der Waals surface area contributed by atoms with Gasteiger partial charge in [-0.15, -0.1) is 0 Å². The Hall–Kier alpha value is -2.05. The molecule has 0 bridgehead atoms. The summed E-state index contributed by atoms with van der Waals surface area (Å²) >= 11 is 0. The Morgan fingerprint density at radius 2 is 2.00 bits per heavy atom. The van der Waals surface area contributed by atoms with Crippen molar-refractivity contribution < 1.29 is 14.2 Å². The summed E-state index contributed by atoms with van der Waals surface area (Å²) in [6.45, 7) is 7.12. The molecule has 0 amide bonds. The molecule has 0 unspecified atom stereocenters. The summed E-state index contributed by atoms with van der Waals surface area (Å²) in [5.41, 5.74) is 3.36. The highest BCUT2D eigenvalue weighted by molar-refractivity contribution is 5.66. The van der Waals surface area contributed by atoms with E-state index in [0.29, 0.717) is 19.3 Å². The van der Waals surface area contributed by atoms with Gasteiger partial charge in [-0.25, -0.2) is 0 Å². The predicted molar refractivity (Wildman–Crippen MR) is 94.9 cm³/mol. The standard InChI is InChI=1S/C19H25N3O3/c1-2-23-16-5-7-22(8-6-16)13-15-12-20-21-19(15)14-3-4-17-18(11-14)25-10-9-24-17/h3-4,11-12,16H,2,5-10,13H2,1H3,(H,20,21). The van der Waals surface area contributed by atoms with Gasteiger partial charge in [0, 0.05) is 37.4 Å². The molecule has 4 rings (SSSR count). The number of likely N-dealkylation sites (tertiary alicyclic amines) is 1. The lowest BCUT2D eigenvalue weighted by molar-refractivity contribution is 0.0125. The van der Waals surface area contributed by atoms with Gasteiger partial charge in [0.1, 0.15) is 13.2 Å². The number of ether oxygens (including phenoxy) is 3. The molecule has 0 saturated carbocycles. The van der Waals surface area contributed by atoms with Gasteiger partial charge >= 0.3 is 0 Å². The number of rotatable bonds is 5. The molecule has 0 radical (unpaired) electrons. The second kappa shape index (κ2) is 7.45. The van der Waals surface area contributed by atoms with Crippen LogP contribution in [0.3, 0.4) is 0 Å². The van der Waals surface area contributed by atoms with E-state index < -0.39 is 0 Å². The molecule has 1 aromatic carbocycles. The number of nitrogens with one attached hydrogen (secondary N) is 1. The molecule has 0 spiro atoms. The zero-order valence-corrected chi connectivity index (χ0v) is 14.7. The van der Waals surface area contributed by atoms with Crippen molar-refractivity contribution in [1.29, 1.82) is 0 Å². The van der Waals surface area contributed by atoms with E-state index in [1.165, 1.54) is 5.56 Å². The molecular weight excluding hydrogens is 318 g/mol. The summed E-state index contributed by atoms with van der Waals surface area (Å²) in [6.07, 6.45) is 4.56. The summed E-state index contributed by atoms with van der Waals surface area (Å²) in [6, 6.07) is 6.07. The third-order valence-corrected chi connectivity index (χ3v) is 4.88. The van der Waals surface area contributed by atoms with Crippen molar-refractivity contribution in [2.75, 3.05) is 32.9 Å². The van der Waals surface area contributed by atoms with Crippen molar-refractivity contribution in [1.82, 2.24) is 15.1 Å². The Labute approximate surface area is 148 Å². The van der Waals surface area contributed by atoms with Crippen LogP contribution >= 0.6 is 0 Å². The monoisotopic (exact) mass is 343 g/mol. The summed E-state index contributed by atoms with van der Waals surface area (Å²) in [4.78, 5) is 2.47. The van der Waals surface area contributed by atoms with Crippen LogP contribution in [0.5, 0.6) is 11.5 Å². The SMILES string of the molecule is CCOC1CCN(Cc2cn[nH]c2-c2ccc3c(c2)OCCO3)CC1. The zero-order chi connectivity index (χ0) is 17.1. The minimum absolute atomic E-state index is 0.419. The molecule has 6 nitrogen and oxygen atoms in total. The number of aromatic nitrogens is 2. The molecule has 25 heavy (non-hydrogen) atoms. The number of nitrogens with zero attached hydrogens (tertiary/aromatic N) is 2. The fourth-order valence-corrected chi connectivity index (χ4v) is 3.59. The first-order chi connectivity index (χ1) is 12.3. The third-order valence-electron chi connectivity index (χ3n) is 4.88. The number of fused-ring (bicyclic) bond motifs is 1. The highest BCUT2D eigenvalue weighted by Crippen LogP contribution is 2.35. The molecule has 1 saturated heterocycles. The lowest BCUT2D eigenvalue weighted by atomic mass is 10.0. The van der Waals surface area contributed by atoms with Crippen LogP contribution in [0.4, 0.5) is 0 Å². The maximum atomic E-state index is 5.74. The minimum Gasteiger partial charge on any atom is -0.486 e. The van der Waals surface area contributed by atoms with Gasteiger partial charge in [0.2, 0.25) is 0 Å². The van der Waals surface area contributed by atoms with E-state index in [1.54, 1.807) is 0 Å². The van der Waals surface area contributed by atoms with Crippen LogP contribution in [0.25, 0.3) is 11.3 Å². The molecule has 0 atom stereocenters. The fraction of sp³-hybridized carbons (Fsp3) is 0.526. The average molecular weight is 343 g/mol. The highest BCUT2D eigenvalue weighted by Gasteiger charge is 2.21. The highest BCUT2D eigenvalue weighted by atomic mass is 16.6. The summed E-state index contributed by atoms with van der Waals surface area (Å²) in [5, 5.41) is 7.42. The topological polar surface area (TPSA) is 59.6 Å². The minimum atomic E-state index is 0.419. The molecule has 1 aromatic heterocycles. The number of hydrogen-bond acceptors (Lipinski definition) is 5. The van der Waals surface area contributed by atoms with Crippen molar-refractivity contribution in [3.8, 4) is 22.8 Å². The van der Waals surface area contributed by atoms with Crippen LogP contribution in [0.2, 0.25) is 0 Å². The smallest absolute Gasteiger partial charge is 0.162 e. The second-order valence-corrected chi connectivity index (χ2v) is 6.56. The van der Waals surface area contributed by atoms with Crippen LogP contribution in [-0.4, -0.2) is 54.1 Å². The van der Waals surface area contributed by atoms with E-state index in [9.17, 15) is 0 Å². The molecule has 6 heteroatoms. The summed E-state index contributed by atoms with van der Waals surface area (Å²) in [7, 11) is 0. The van der Waals surface area contributed by atoms with Crippen LogP contribution in [0, 0.1) is 0 Å². The van der Waals surface area contributed by atoms with Gasteiger partial charge in [0.25, 0.3) is 0 Å². The van der Waals surface area contributed by atoms with Gasteiger partial charge in [-0.1, -0.05) is 0 Å². The number of aromatic amines is 1. The largest absolute Gasteiger partial charge is 0.486 e. The van der Waals surface area contributed by atoms with Crippen molar-refractivity contribution in [3.05, 3.63) is 30.0 Å². The first-order valence-corrected chi connectivity index (χ1v) is 9.09. The van der Waals surface area contributed by atoms with E-state index in [-0.39, 0.29) is 0 Å². The number of H-pyrrole nitrogens is 1. The van der Waals surface area contributed by atoms with Gasteiger partial charge in [-0.05, 0) is 38.0 Å². The van der Waals surface area contributed by atoms with Crippen molar-refractivity contribution in [3.63, 3.8) is 0 Å². The van der Waals surface area contributed by atoms with E-state index in [0.717, 1.165) is 61.8 Å². The molecule has 2 aromatic rings. The lowest BCUT2D eigenvalue weighted by Crippen LogP contribution is -2.36. The molecule has 1 N–H and O–H groups in total. The number of benzene rings is 1. The van der Waals surface area contributed by atoms with Gasteiger partial charge in [-0.2, -0.15) is 5.10 Å². The zero-order valence-electron chi connectivity index (χ0n) is 14.7. The first kappa shape index (κ1) is 16.4. The normalized spacial score (nSPS) is 18.4. The van der Waals surface area contributed by atoms with E-state index in [2.05, 4.69) is 28.1 Å². The third kappa shape index (κ3) is 3.65. The molecule has 2 aliphatic heterocycles. The van der Waals surface area contributed by atoms with Crippen LogP contribution in [0.15, 0.2) is 24.4 Å². The summed E-state index contributed by atoms with van der Waals surface area (Å²) < 4.78 is 17.1. The fourth-order valence-electron chi connectivity index (χ4n) is 3.59. The quantitative estimate of drug-likeness (QED) is 0.905. The molecule has 3 heterocycles. The molecule has 2 aliphatic rings. The van der Waals surface area contributed by atoms with Gasteiger partial charge in [0.15, 0.2) is 11.5 Å². The number of hydrogen-bond donors (Lipinski definition) is 1. The van der Waals surface area contributed by atoms with Crippen LogP contribution in [-0.2, 0) is 11.3 Å². The average Bonchev–Trinajstić information content (AvgIpc) is 3.11. The van der Waals surface area contributed by atoms with Crippen LogP contribution in [0.1, 0.15) is 25.3 Å². The number of piperidine rings is 1. The maximum Gasteiger partial charge on any atom is 0.162 e. The Bertz CT molecular complexity index is 708. The second-order valence-electron chi connectivity index (χ2n) is 6.56. The maximum absolute atomic E-state index is 5.74. The van der Waals surface area contributed by atoms with Crippen molar-refractivity contribution in [2.45, 2.75) is 32.4 Å². The van der Waals surface area contributed by atoms with Gasteiger partial charge in [-0.3, -0.25) is 10.00 Å². The first-order valence-electron chi connectivity index (χ1n) is 9.09. The Balaban J connectivity index is 1.46. The molecular formula is C19H25N3O3. The van der Waals surface area contributed by atoms with Crippen molar-refractivity contribution in [2.24, 2.45) is 0 Å².